The minimum atomic E-state index is -0.425. The predicted octanol–water partition coefficient (Wildman–Crippen LogP) is 4.20. The van der Waals surface area contributed by atoms with E-state index in [0.717, 1.165) is 29.9 Å². The van der Waals surface area contributed by atoms with E-state index in [1.807, 2.05) is 30.3 Å². The van der Waals surface area contributed by atoms with Gasteiger partial charge in [-0.25, -0.2) is 0 Å². The van der Waals surface area contributed by atoms with Crippen molar-refractivity contribution < 1.29 is 14.0 Å². The summed E-state index contributed by atoms with van der Waals surface area (Å²) in [6.45, 7) is 6.48. The Morgan fingerprint density at radius 3 is 2.35 bits per heavy atom. The maximum absolute atomic E-state index is 12.7. The Kier molecular flexibility index (Phi) is 5.71. The van der Waals surface area contributed by atoms with E-state index in [-0.39, 0.29) is 0 Å². The highest BCUT2D eigenvalue weighted by Crippen LogP contribution is 2.30. The lowest BCUT2D eigenvalue weighted by molar-refractivity contribution is -0.114. The SMILES string of the molecule is C[C@@H]1CN(c2ccc(NC=C3C(=O)NC(=O)c4ccc(-c5ccoc5)cc43)cc2)C[C@H](C)N1C. The molecule has 0 saturated carbocycles. The summed E-state index contributed by atoms with van der Waals surface area (Å²) in [5, 5.41) is 5.65. The molecule has 2 aromatic carbocycles. The number of benzene rings is 2. The van der Waals surface area contributed by atoms with Crippen LogP contribution < -0.4 is 15.5 Å². The van der Waals surface area contributed by atoms with E-state index in [0.29, 0.717) is 28.8 Å². The largest absolute Gasteiger partial charge is 0.472 e. The van der Waals surface area contributed by atoms with Gasteiger partial charge < -0.3 is 14.6 Å². The number of hydrogen-bond acceptors (Lipinski definition) is 6. The Labute approximate surface area is 199 Å². The summed E-state index contributed by atoms with van der Waals surface area (Å²) in [4.78, 5) is 29.8. The quantitative estimate of drug-likeness (QED) is 0.453. The van der Waals surface area contributed by atoms with E-state index in [4.69, 9.17) is 4.42 Å². The summed E-state index contributed by atoms with van der Waals surface area (Å²) in [6, 6.07) is 16.5. The molecule has 7 nitrogen and oxygen atoms in total. The number of fused-ring (bicyclic) bond motifs is 1. The fourth-order valence-electron chi connectivity index (χ4n) is 4.62. The van der Waals surface area contributed by atoms with Gasteiger partial charge in [-0.05, 0) is 68.9 Å². The number of piperazine rings is 1. The van der Waals surface area contributed by atoms with E-state index in [2.05, 4.69) is 53.5 Å². The maximum atomic E-state index is 12.7. The van der Waals surface area contributed by atoms with Crippen LogP contribution in [0.3, 0.4) is 0 Å². The molecule has 0 aliphatic carbocycles. The average Bonchev–Trinajstić information content (AvgIpc) is 3.37. The second-order valence-corrected chi connectivity index (χ2v) is 9.07. The van der Waals surface area contributed by atoms with Crippen LogP contribution in [0.2, 0.25) is 0 Å². The summed E-state index contributed by atoms with van der Waals surface area (Å²) >= 11 is 0. The minimum Gasteiger partial charge on any atom is -0.472 e. The van der Waals surface area contributed by atoms with Crippen molar-refractivity contribution in [1.29, 1.82) is 0 Å². The summed E-state index contributed by atoms with van der Waals surface area (Å²) in [5.41, 5.74) is 5.28. The summed E-state index contributed by atoms with van der Waals surface area (Å²) in [6.07, 6.45) is 4.89. The van der Waals surface area contributed by atoms with Gasteiger partial charge in [-0.15, -0.1) is 0 Å². The van der Waals surface area contributed by atoms with Gasteiger partial charge in [0.2, 0.25) is 0 Å². The van der Waals surface area contributed by atoms with Crippen LogP contribution in [-0.2, 0) is 4.79 Å². The number of furan rings is 1. The molecule has 34 heavy (non-hydrogen) atoms. The molecule has 7 heteroatoms. The van der Waals surface area contributed by atoms with Crippen LogP contribution in [0.5, 0.6) is 0 Å². The molecule has 0 bridgehead atoms. The smallest absolute Gasteiger partial charge is 0.260 e. The molecule has 3 aromatic rings. The molecule has 2 aliphatic rings. The Bertz CT molecular complexity index is 1240. The monoisotopic (exact) mass is 456 g/mol. The fourth-order valence-corrected chi connectivity index (χ4v) is 4.62. The molecule has 3 heterocycles. The first kappa shape index (κ1) is 22.0. The summed E-state index contributed by atoms with van der Waals surface area (Å²) in [5.74, 6) is -0.817. The molecule has 1 aromatic heterocycles. The van der Waals surface area contributed by atoms with E-state index in [1.165, 1.54) is 5.69 Å². The third-order valence-electron chi connectivity index (χ3n) is 6.86. The first-order valence-corrected chi connectivity index (χ1v) is 11.5. The number of rotatable bonds is 4. The van der Waals surface area contributed by atoms with Crippen molar-refractivity contribution in [2.45, 2.75) is 25.9 Å². The average molecular weight is 457 g/mol. The van der Waals surface area contributed by atoms with Crippen molar-refractivity contribution in [3.63, 3.8) is 0 Å². The third-order valence-corrected chi connectivity index (χ3v) is 6.86. The van der Waals surface area contributed by atoms with Gasteiger partial charge in [-0.2, -0.15) is 0 Å². The first-order chi connectivity index (χ1) is 16.4. The number of nitrogens with zero attached hydrogens (tertiary/aromatic N) is 2. The topological polar surface area (TPSA) is 77.8 Å². The Balaban J connectivity index is 1.38. The van der Waals surface area contributed by atoms with Crippen molar-refractivity contribution in [3.05, 3.63) is 78.4 Å². The van der Waals surface area contributed by atoms with Crippen LogP contribution in [-0.4, -0.2) is 48.9 Å². The number of anilines is 2. The molecule has 1 saturated heterocycles. The normalized spacial score (nSPS) is 22.0. The molecule has 174 valence electrons. The van der Waals surface area contributed by atoms with Gasteiger partial charge in [-0.1, -0.05) is 6.07 Å². The number of hydrogen-bond donors (Lipinski definition) is 2. The van der Waals surface area contributed by atoms with Gasteiger partial charge in [0, 0.05) is 59.4 Å². The second-order valence-electron chi connectivity index (χ2n) is 9.07. The number of likely N-dealkylation sites (N-methyl/N-ethyl adjacent to an activating group) is 1. The zero-order chi connectivity index (χ0) is 23.8. The van der Waals surface area contributed by atoms with Crippen molar-refractivity contribution >= 4 is 28.8 Å². The Morgan fingerprint density at radius 2 is 1.68 bits per heavy atom. The van der Waals surface area contributed by atoms with Crippen molar-refractivity contribution in [2.75, 3.05) is 30.4 Å². The molecule has 2 N–H and O–H groups in total. The van der Waals surface area contributed by atoms with Gasteiger partial charge in [0.05, 0.1) is 18.1 Å². The van der Waals surface area contributed by atoms with Crippen LogP contribution >= 0.6 is 0 Å². The van der Waals surface area contributed by atoms with Crippen LogP contribution in [0.15, 0.2) is 71.7 Å². The second kappa shape index (κ2) is 8.83. The molecule has 1 fully saturated rings. The lowest BCUT2D eigenvalue weighted by atomic mass is 9.92. The zero-order valence-electron chi connectivity index (χ0n) is 19.5. The lowest BCUT2D eigenvalue weighted by Crippen LogP contribution is -2.55. The standard InChI is InChI=1S/C27H28N4O3/c1-17-14-31(15-18(2)30(17)3)22-7-5-21(6-8-22)28-13-25-24-12-19(20-10-11-34-16-20)4-9-23(24)26(32)29-27(25)33/h4-13,16-18,28H,14-15H2,1-3H3,(H,29,32,33)/t17-,18+. The number of carbonyl (C=O) groups excluding carboxylic acids is 2. The van der Waals surface area contributed by atoms with Gasteiger partial charge in [0.1, 0.15) is 0 Å². The van der Waals surface area contributed by atoms with Crippen molar-refractivity contribution in [3.8, 4) is 11.1 Å². The van der Waals surface area contributed by atoms with Crippen LogP contribution in [0.1, 0.15) is 29.8 Å². The van der Waals surface area contributed by atoms with Gasteiger partial charge in [0.15, 0.2) is 0 Å². The molecule has 0 unspecified atom stereocenters. The highest BCUT2D eigenvalue weighted by molar-refractivity contribution is 6.31. The number of nitrogens with one attached hydrogen (secondary N) is 2. The number of imide groups is 1. The zero-order valence-corrected chi connectivity index (χ0v) is 19.5. The Morgan fingerprint density at radius 1 is 0.941 bits per heavy atom. The fraction of sp³-hybridized carbons (Fsp3) is 0.259. The number of amides is 2. The molecular formula is C27H28N4O3. The molecule has 5 rings (SSSR count). The van der Waals surface area contributed by atoms with Gasteiger partial charge >= 0.3 is 0 Å². The third kappa shape index (κ3) is 4.10. The summed E-state index contributed by atoms with van der Waals surface area (Å²) < 4.78 is 5.18. The molecule has 2 atom stereocenters. The lowest BCUT2D eigenvalue weighted by Gasteiger charge is -2.43. The van der Waals surface area contributed by atoms with E-state index in [1.54, 1.807) is 24.8 Å². The Hall–Kier alpha value is -3.84. The highest BCUT2D eigenvalue weighted by atomic mass is 16.3. The van der Waals surface area contributed by atoms with Crippen LogP contribution in [0.4, 0.5) is 11.4 Å². The molecular weight excluding hydrogens is 428 g/mol. The first-order valence-electron chi connectivity index (χ1n) is 11.5. The number of carbonyl (C=O) groups is 2. The van der Waals surface area contributed by atoms with Crippen LogP contribution in [0, 0.1) is 0 Å². The summed E-state index contributed by atoms with van der Waals surface area (Å²) in [7, 11) is 2.18. The predicted molar refractivity (Wildman–Crippen MR) is 134 cm³/mol. The van der Waals surface area contributed by atoms with Gasteiger partial charge in [0.25, 0.3) is 11.8 Å². The molecule has 2 aliphatic heterocycles. The van der Waals surface area contributed by atoms with Crippen molar-refractivity contribution in [2.24, 2.45) is 0 Å². The highest BCUT2D eigenvalue weighted by Gasteiger charge is 2.28. The van der Waals surface area contributed by atoms with E-state index < -0.39 is 11.8 Å². The minimum absolute atomic E-state index is 0.393. The van der Waals surface area contributed by atoms with E-state index >= 15 is 0 Å². The van der Waals surface area contributed by atoms with Gasteiger partial charge in [-0.3, -0.25) is 19.8 Å². The van der Waals surface area contributed by atoms with Crippen molar-refractivity contribution in [1.82, 2.24) is 10.2 Å². The molecule has 2 amide bonds. The van der Waals surface area contributed by atoms with Crippen LogP contribution in [0.25, 0.3) is 16.7 Å². The van der Waals surface area contributed by atoms with E-state index in [9.17, 15) is 9.59 Å². The maximum Gasteiger partial charge on any atom is 0.260 e. The molecule has 0 radical (unpaired) electrons. The molecule has 0 spiro atoms.